The van der Waals surface area contributed by atoms with Crippen LogP contribution in [0.5, 0.6) is 0 Å². The van der Waals surface area contributed by atoms with Gasteiger partial charge in [-0.05, 0) is 80.0 Å². The summed E-state index contributed by atoms with van der Waals surface area (Å²) >= 11 is 0. The molecule has 2 heterocycles. The largest absolute Gasteiger partial charge is 0.459 e. The molecule has 0 saturated heterocycles. The summed E-state index contributed by atoms with van der Waals surface area (Å²) in [6.45, 7) is 0. The molecule has 1 fully saturated rings. The molecule has 1 aliphatic carbocycles. The van der Waals surface area contributed by atoms with Gasteiger partial charge in [-0.25, -0.2) is 4.79 Å². The van der Waals surface area contributed by atoms with Crippen LogP contribution in [0.25, 0.3) is 0 Å². The summed E-state index contributed by atoms with van der Waals surface area (Å²) in [7, 11) is 0. The number of aryl methyl sites for hydroxylation is 2. The van der Waals surface area contributed by atoms with E-state index in [4.69, 9.17) is 9.15 Å². The van der Waals surface area contributed by atoms with Crippen molar-refractivity contribution in [2.75, 3.05) is 10.2 Å². The fourth-order valence-corrected chi connectivity index (χ4v) is 4.61. The van der Waals surface area contributed by atoms with E-state index in [1.165, 1.54) is 12.7 Å². The quantitative estimate of drug-likeness (QED) is 0.534. The molecule has 0 radical (unpaired) electrons. The van der Waals surface area contributed by atoms with Crippen LogP contribution in [0.15, 0.2) is 65.3 Å². The van der Waals surface area contributed by atoms with E-state index in [-0.39, 0.29) is 17.8 Å². The van der Waals surface area contributed by atoms with E-state index >= 15 is 0 Å². The van der Waals surface area contributed by atoms with Gasteiger partial charge in [-0.3, -0.25) is 15.0 Å². The Morgan fingerprint density at radius 1 is 0.906 bits per heavy atom. The number of ether oxygens (including phenoxy) is 1. The first-order valence-corrected chi connectivity index (χ1v) is 11.3. The topological polar surface area (TPSA) is 71.8 Å². The van der Waals surface area contributed by atoms with Crippen LogP contribution in [0, 0.1) is 0 Å². The number of nitrogens with one attached hydrogen (secondary N) is 1. The van der Waals surface area contributed by atoms with Crippen molar-refractivity contribution in [3.05, 3.63) is 77.7 Å². The Kier molecular flexibility index (Phi) is 5.67. The standard InChI is InChI=1S/C26H26N2O4/c29-25(24-11-6-16-31-24)28-22-10-5-4-7-18(22)12-13-19-14-15-20(17-23(19)28)27-26(30)32-21-8-2-1-3-9-21/h4-7,10-11,14-17,21H,1-3,8-9,12-13H2,(H,27,30). The van der Waals surface area contributed by atoms with Gasteiger partial charge in [0.25, 0.3) is 5.91 Å². The number of fused-ring (bicyclic) bond motifs is 2. The average Bonchev–Trinajstić information content (AvgIpc) is 3.30. The molecule has 2 aliphatic rings. The molecule has 0 bridgehead atoms. The number of furan rings is 1. The maximum atomic E-state index is 13.5. The van der Waals surface area contributed by atoms with Gasteiger partial charge in [0.05, 0.1) is 17.6 Å². The van der Waals surface area contributed by atoms with E-state index in [0.717, 1.165) is 61.0 Å². The van der Waals surface area contributed by atoms with Crippen molar-refractivity contribution in [3.8, 4) is 0 Å². The minimum Gasteiger partial charge on any atom is -0.459 e. The number of hydrogen-bond acceptors (Lipinski definition) is 4. The van der Waals surface area contributed by atoms with E-state index in [0.29, 0.717) is 5.69 Å². The number of rotatable bonds is 3. The lowest BCUT2D eigenvalue weighted by Gasteiger charge is -2.25. The summed E-state index contributed by atoms with van der Waals surface area (Å²) in [5, 5.41) is 2.86. The highest BCUT2D eigenvalue weighted by molar-refractivity contribution is 6.10. The number of benzene rings is 2. The third-order valence-corrected chi connectivity index (χ3v) is 6.23. The molecule has 2 aromatic carbocycles. The van der Waals surface area contributed by atoms with Crippen molar-refractivity contribution < 1.29 is 18.7 Å². The smallest absolute Gasteiger partial charge is 0.411 e. The summed E-state index contributed by atoms with van der Waals surface area (Å²) in [5.74, 6) is 0.0234. The molecule has 0 spiro atoms. The van der Waals surface area contributed by atoms with Gasteiger partial charge in [0, 0.05) is 5.69 Å². The van der Waals surface area contributed by atoms with Crippen LogP contribution in [-0.4, -0.2) is 18.1 Å². The zero-order valence-corrected chi connectivity index (χ0v) is 17.9. The van der Waals surface area contributed by atoms with Crippen LogP contribution in [0.1, 0.15) is 53.8 Å². The third-order valence-electron chi connectivity index (χ3n) is 6.23. The summed E-state index contributed by atoms with van der Waals surface area (Å²) in [4.78, 5) is 27.6. The number of carbonyl (C=O) groups excluding carboxylic acids is 2. The average molecular weight is 431 g/mol. The van der Waals surface area contributed by atoms with Gasteiger partial charge < -0.3 is 9.15 Å². The summed E-state index contributed by atoms with van der Waals surface area (Å²) < 4.78 is 11.0. The molecular weight excluding hydrogens is 404 g/mol. The molecule has 6 nitrogen and oxygen atoms in total. The monoisotopic (exact) mass is 430 g/mol. The Labute approximate surface area is 187 Å². The Morgan fingerprint density at radius 2 is 1.69 bits per heavy atom. The Morgan fingerprint density at radius 3 is 2.47 bits per heavy atom. The molecular formula is C26H26N2O4. The third kappa shape index (κ3) is 4.13. The van der Waals surface area contributed by atoms with E-state index < -0.39 is 6.09 Å². The second-order valence-corrected chi connectivity index (χ2v) is 8.38. The highest BCUT2D eigenvalue weighted by atomic mass is 16.6. The molecule has 0 atom stereocenters. The van der Waals surface area contributed by atoms with Crippen molar-refractivity contribution in [2.24, 2.45) is 0 Å². The fraction of sp³-hybridized carbons (Fsp3) is 0.308. The number of anilines is 3. The van der Waals surface area contributed by atoms with Gasteiger partial charge in [-0.2, -0.15) is 0 Å². The number of para-hydroxylation sites is 1. The van der Waals surface area contributed by atoms with Gasteiger partial charge in [0.1, 0.15) is 6.10 Å². The predicted octanol–water partition coefficient (Wildman–Crippen LogP) is 6.24. The maximum Gasteiger partial charge on any atom is 0.411 e. The van der Waals surface area contributed by atoms with Gasteiger partial charge in [-0.1, -0.05) is 30.7 Å². The van der Waals surface area contributed by atoms with Gasteiger partial charge in [0.15, 0.2) is 5.76 Å². The number of hydrogen-bond donors (Lipinski definition) is 1. The normalized spacial score (nSPS) is 15.9. The van der Waals surface area contributed by atoms with Gasteiger partial charge >= 0.3 is 6.09 Å². The van der Waals surface area contributed by atoms with Crippen molar-refractivity contribution >= 4 is 29.1 Å². The lowest BCUT2D eigenvalue weighted by Crippen LogP contribution is -2.27. The molecule has 3 aromatic rings. The second-order valence-electron chi connectivity index (χ2n) is 8.38. The van der Waals surface area contributed by atoms with Crippen molar-refractivity contribution in [2.45, 2.75) is 51.0 Å². The molecule has 1 saturated carbocycles. The Bertz CT molecular complexity index is 1120. The van der Waals surface area contributed by atoms with Crippen molar-refractivity contribution in [3.63, 3.8) is 0 Å². The Balaban J connectivity index is 1.47. The zero-order valence-electron chi connectivity index (χ0n) is 17.9. The van der Waals surface area contributed by atoms with E-state index in [1.54, 1.807) is 17.0 Å². The van der Waals surface area contributed by atoms with Crippen molar-refractivity contribution in [1.29, 1.82) is 0 Å². The molecule has 5 rings (SSSR count). The van der Waals surface area contributed by atoms with E-state index in [1.807, 2.05) is 42.5 Å². The second kappa shape index (κ2) is 8.91. The highest BCUT2D eigenvalue weighted by Crippen LogP contribution is 2.38. The van der Waals surface area contributed by atoms with Crippen LogP contribution >= 0.6 is 0 Å². The number of amides is 2. The van der Waals surface area contributed by atoms with E-state index in [2.05, 4.69) is 5.32 Å². The molecule has 1 aromatic heterocycles. The first-order valence-electron chi connectivity index (χ1n) is 11.3. The SMILES string of the molecule is O=C(Nc1ccc2c(c1)N(C(=O)c1ccco1)c1ccccc1CC2)OC1CCCCC1. The summed E-state index contributed by atoms with van der Waals surface area (Å²) in [5.41, 5.74) is 4.30. The number of nitrogens with zero attached hydrogens (tertiary/aromatic N) is 1. The maximum absolute atomic E-state index is 13.5. The highest BCUT2D eigenvalue weighted by Gasteiger charge is 2.28. The lowest BCUT2D eigenvalue weighted by molar-refractivity contribution is 0.0865. The van der Waals surface area contributed by atoms with Crippen LogP contribution in [0.2, 0.25) is 0 Å². The predicted molar refractivity (Wildman–Crippen MR) is 122 cm³/mol. The molecule has 0 unspecified atom stereocenters. The minimum absolute atomic E-state index is 0.0199. The first kappa shape index (κ1) is 20.4. The molecule has 1 aliphatic heterocycles. The van der Waals surface area contributed by atoms with Crippen LogP contribution in [-0.2, 0) is 17.6 Å². The van der Waals surface area contributed by atoms with Crippen LogP contribution in [0.4, 0.5) is 21.9 Å². The summed E-state index contributed by atoms with van der Waals surface area (Å²) in [6, 6.07) is 17.0. The lowest BCUT2D eigenvalue weighted by atomic mass is 9.98. The molecule has 1 N–H and O–H groups in total. The fourth-order valence-electron chi connectivity index (χ4n) is 4.61. The van der Waals surface area contributed by atoms with Gasteiger partial charge in [0.2, 0.25) is 0 Å². The molecule has 32 heavy (non-hydrogen) atoms. The number of carbonyl (C=O) groups is 2. The molecule has 2 amide bonds. The summed E-state index contributed by atoms with van der Waals surface area (Å²) in [6.07, 6.45) is 7.87. The first-order chi connectivity index (χ1) is 15.7. The van der Waals surface area contributed by atoms with Crippen LogP contribution in [0.3, 0.4) is 0 Å². The van der Waals surface area contributed by atoms with Gasteiger partial charge in [-0.15, -0.1) is 0 Å². The molecule has 6 heteroatoms. The zero-order chi connectivity index (χ0) is 21.9. The minimum atomic E-state index is -0.449. The van der Waals surface area contributed by atoms with Crippen molar-refractivity contribution in [1.82, 2.24) is 0 Å². The van der Waals surface area contributed by atoms with E-state index in [9.17, 15) is 9.59 Å². The Hall–Kier alpha value is -3.54. The molecule has 164 valence electrons. The van der Waals surface area contributed by atoms with Crippen LogP contribution < -0.4 is 10.2 Å².